The highest BCUT2D eigenvalue weighted by atomic mass is 32.2. The molecule has 0 spiro atoms. The van der Waals surface area contributed by atoms with Crippen molar-refractivity contribution in [2.24, 2.45) is 0 Å². The maximum Gasteiger partial charge on any atom is 0.262 e. The van der Waals surface area contributed by atoms with Crippen LogP contribution in [0.5, 0.6) is 0 Å². The fourth-order valence-corrected chi connectivity index (χ4v) is 9.03. The molecule has 1 heterocycles. The van der Waals surface area contributed by atoms with E-state index in [1.807, 2.05) is 24.3 Å². The summed E-state index contributed by atoms with van der Waals surface area (Å²) < 4.78 is 114. The first-order valence-corrected chi connectivity index (χ1v) is 19.8. The van der Waals surface area contributed by atoms with Gasteiger partial charge in [0.25, 0.3) is 10.0 Å². The van der Waals surface area contributed by atoms with Gasteiger partial charge in [-0.25, -0.2) is 34.4 Å². The molecular weight excluding hydrogens is 733 g/mol. The lowest BCUT2D eigenvalue weighted by molar-refractivity contribution is -0.118. The van der Waals surface area contributed by atoms with Gasteiger partial charge in [-0.2, -0.15) is 4.31 Å². The number of benzene rings is 4. The number of nitrogens with one attached hydrogen (secondary N) is 1. The molecule has 1 fully saturated rings. The third-order valence-corrected chi connectivity index (χ3v) is 12.8. The molecule has 1 aromatic heterocycles. The molecule has 278 valence electrons. The van der Waals surface area contributed by atoms with E-state index in [1.165, 1.54) is 41.7 Å². The Kier molecular flexibility index (Phi) is 10.9. The second-order valence-electron chi connectivity index (χ2n) is 13.0. The first kappa shape index (κ1) is 37.9. The number of anilines is 2. The highest BCUT2D eigenvalue weighted by molar-refractivity contribution is 7.93. The van der Waals surface area contributed by atoms with Crippen molar-refractivity contribution in [1.82, 2.24) is 9.29 Å². The summed E-state index contributed by atoms with van der Waals surface area (Å²) in [4.78, 5) is 17.5. The van der Waals surface area contributed by atoms with Gasteiger partial charge in [-0.05, 0) is 85.3 Å². The molecule has 9 nitrogen and oxygen atoms in total. The van der Waals surface area contributed by atoms with E-state index in [4.69, 9.17) is 0 Å². The van der Waals surface area contributed by atoms with Gasteiger partial charge in [-0.3, -0.25) is 14.5 Å². The molecule has 1 N–H and O–H groups in total. The van der Waals surface area contributed by atoms with Crippen LogP contribution in [0.3, 0.4) is 0 Å². The van der Waals surface area contributed by atoms with Crippen LogP contribution in [0.1, 0.15) is 54.7 Å². The van der Waals surface area contributed by atoms with Crippen molar-refractivity contribution in [2.75, 3.05) is 23.2 Å². The Balaban J connectivity index is 1.29. The number of nitrogens with zero attached hydrogens (tertiary/aromatic N) is 3. The summed E-state index contributed by atoms with van der Waals surface area (Å²) in [6.45, 7) is -0.276. The maximum absolute atomic E-state index is 14.8. The molecule has 0 unspecified atom stereocenters. The Bertz CT molecular complexity index is 2350. The molecule has 0 aliphatic heterocycles. The minimum atomic E-state index is -5.26. The van der Waals surface area contributed by atoms with E-state index < -0.39 is 66.2 Å². The average molecular weight is 769 g/mol. The first-order valence-electron chi connectivity index (χ1n) is 16.8. The number of halogens is 4. The lowest BCUT2D eigenvalue weighted by atomic mass is 9.84. The molecule has 1 amide bonds. The van der Waals surface area contributed by atoms with Crippen LogP contribution in [0, 0.1) is 30.2 Å². The summed E-state index contributed by atoms with van der Waals surface area (Å²) in [7, 11) is -8.48. The Hall–Kier alpha value is -4.86. The van der Waals surface area contributed by atoms with Crippen LogP contribution in [0.2, 0.25) is 0 Å². The zero-order valence-electron chi connectivity index (χ0n) is 28.8. The van der Waals surface area contributed by atoms with Crippen molar-refractivity contribution in [3.8, 4) is 0 Å². The van der Waals surface area contributed by atoms with E-state index in [9.17, 15) is 39.2 Å². The molecule has 1 aliphatic carbocycles. The van der Waals surface area contributed by atoms with Crippen LogP contribution in [0.4, 0.5) is 28.9 Å². The Morgan fingerprint density at radius 2 is 1.45 bits per heavy atom. The summed E-state index contributed by atoms with van der Waals surface area (Å²) >= 11 is 0. The fraction of sp³-hybridized carbons (Fsp3) is 0.263. The molecule has 0 bridgehead atoms. The van der Waals surface area contributed by atoms with Gasteiger partial charge in [-0.1, -0.05) is 49.6 Å². The number of amides is 1. The molecule has 4 aromatic carbocycles. The standard InChI is InChI=1S/C38H36F4N4O5S2/c1-24-34(39)36(41)38(37(42)35(24)40)53(50,51)45(2)23-33(47)46(22-25-13-15-27(16-14-25)26-8-4-3-5-9-26)29-19-17-28(18-20-29)44-52(48,49)32-12-6-11-31-30(32)10-7-21-43-31/h6-7,10-21,26,44H,3-5,8-9,22-23H2,1-2H3. The molecule has 5 aromatic rings. The third-order valence-electron chi connectivity index (χ3n) is 9.49. The smallest absolute Gasteiger partial charge is 0.262 e. The number of rotatable bonds is 11. The monoisotopic (exact) mass is 768 g/mol. The molecule has 1 saturated carbocycles. The summed E-state index contributed by atoms with van der Waals surface area (Å²) in [5, 5.41) is 0.417. The topological polar surface area (TPSA) is 117 Å². The highest BCUT2D eigenvalue weighted by Gasteiger charge is 2.36. The number of pyridine rings is 1. The molecular formula is C38H36F4N4O5S2. The number of aromatic nitrogens is 1. The number of likely N-dealkylation sites (N-methyl/N-ethyl adjacent to an activating group) is 1. The van der Waals surface area contributed by atoms with E-state index >= 15 is 0 Å². The predicted octanol–water partition coefficient (Wildman–Crippen LogP) is 7.80. The quantitative estimate of drug-likeness (QED) is 0.108. The number of fused-ring (bicyclic) bond motifs is 1. The van der Waals surface area contributed by atoms with Gasteiger partial charge in [0.2, 0.25) is 15.9 Å². The van der Waals surface area contributed by atoms with Gasteiger partial charge < -0.3 is 4.90 Å². The molecule has 53 heavy (non-hydrogen) atoms. The van der Waals surface area contributed by atoms with Crippen molar-refractivity contribution in [1.29, 1.82) is 0 Å². The third kappa shape index (κ3) is 7.78. The van der Waals surface area contributed by atoms with Crippen LogP contribution in [0.25, 0.3) is 10.9 Å². The number of sulfonamides is 2. The lowest BCUT2D eigenvalue weighted by Gasteiger charge is -2.27. The molecule has 1 aliphatic rings. The SMILES string of the molecule is Cc1c(F)c(F)c(S(=O)(=O)N(C)CC(=O)N(Cc2ccc(C3CCCCC3)cc2)c2ccc(NS(=O)(=O)c3cccc4ncccc34)cc2)c(F)c1F. The van der Waals surface area contributed by atoms with E-state index in [1.54, 1.807) is 30.5 Å². The van der Waals surface area contributed by atoms with Crippen LogP contribution in [-0.2, 0) is 31.4 Å². The highest BCUT2D eigenvalue weighted by Crippen LogP contribution is 2.34. The summed E-state index contributed by atoms with van der Waals surface area (Å²) in [6, 6.07) is 21.4. The average Bonchev–Trinajstić information content (AvgIpc) is 3.16. The largest absolute Gasteiger partial charge is 0.307 e. The van der Waals surface area contributed by atoms with E-state index in [-0.39, 0.29) is 22.8 Å². The van der Waals surface area contributed by atoms with Gasteiger partial charge >= 0.3 is 0 Å². The van der Waals surface area contributed by atoms with Crippen LogP contribution in [-0.4, -0.2) is 45.6 Å². The Labute approximate surface area is 305 Å². The predicted molar refractivity (Wildman–Crippen MR) is 193 cm³/mol. The normalized spacial score (nSPS) is 14.1. The number of carbonyl (C=O) groups excluding carboxylic acids is 1. The van der Waals surface area contributed by atoms with Crippen LogP contribution >= 0.6 is 0 Å². The maximum atomic E-state index is 14.8. The van der Waals surface area contributed by atoms with Crippen molar-refractivity contribution >= 4 is 48.2 Å². The fourth-order valence-electron chi connectivity index (χ4n) is 6.53. The molecule has 0 saturated heterocycles. The Morgan fingerprint density at radius 3 is 2.09 bits per heavy atom. The second-order valence-corrected chi connectivity index (χ2v) is 16.6. The van der Waals surface area contributed by atoms with E-state index in [2.05, 4.69) is 9.71 Å². The number of hydrogen-bond acceptors (Lipinski definition) is 6. The minimum absolute atomic E-state index is 0.00566. The summed E-state index contributed by atoms with van der Waals surface area (Å²) in [5.41, 5.74) is 1.70. The first-order chi connectivity index (χ1) is 25.2. The minimum Gasteiger partial charge on any atom is -0.307 e. The van der Waals surface area contributed by atoms with Crippen molar-refractivity contribution < 1.29 is 39.2 Å². The zero-order chi connectivity index (χ0) is 38.1. The molecule has 0 atom stereocenters. The van der Waals surface area contributed by atoms with Gasteiger partial charge in [0.05, 0.1) is 23.5 Å². The van der Waals surface area contributed by atoms with Gasteiger partial charge in [-0.15, -0.1) is 0 Å². The van der Waals surface area contributed by atoms with Gasteiger partial charge in [0.1, 0.15) is 0 Å². The van der Waals surface area contributed by atoms with E-state index in [0.717, 1.165) is 45.2 Å². The van der Waals surface area contributed by atoms with Gasteiger partial charge in [0.15, 0.2) is 28.2 Å². The molecule has 6 rings (SSSR count). The lowest BCUT2D eigenvalue weighted by Crippen LogP contribution is -2.41. The zero-order valence-corrected chi connectivity index (χ0v) is 30.5. The molecule has 15 heteroatoms. The summed E-state index contributed by atoms with van der Waals surface area (Å²) in [5.74, 6) is -8.37. The Morgan fingerprint density at radius 1 is 0.811 bits per heavy atom. The second kappa shape index (κ2) is 15.2. The van der Waals surface area contributed by atoms with E-state index in [0.29, 0.717) is 26.7 Å². The van der Waals surface area contributed by atoms with Crippen molar-refractivity contribution in [2.45, 2.75) is 61.3 Å². The van der Waals surface area contributed by atoms with Crippen molar-refractivity contribution in [3.05, 3.63) is 125 Å². The summed E-state index contributed by atoms with van der Waals surface area (Å²) in [6.07, 6.45) is 7.19. The van der Waals surface area contributed by atoms with Crippen LogP contribution in [0.15, 0.2) is 94.9 Å². The number of hydrogen-bond donors (Lipinski definition) is 1. The van der Waals surface area contributed by atoms with Crippen molar-refractivity contribution in [3.63, 3.8) is 0 Å². The number of carbonyl (C=O) groups is 1. The van der Waals surface area contributed by atoms with Gasteiger partial charge in [0, 0.05) is 35.6 Å². The molecule has 0 radical (unpaired) electrons. The van der Waals surface area contributed by atoms with Crippen LogP contribution < -0.4 is 9.62 Å².